The fourth-order valence-electron chi connectivity index (χ4n) is 8.14. The summed E-state index contributed by atoms with van der Waals surface area (Å²) in [6, 6.07) is 8.70. The molecule has 2 bridgehead atoms. The van der Waals surface area contributed by atoms with Crippen molar-refractivity contribution in [3.05, 3.63) is 64.3 Å². The maximum absolute atomic E-state index is 14.3. The van der Waals surface area contributed by atoms with Gasteiger partial charge in [-0.3, -0.25) is 9.52 Å². The zero-order chi connectivity index (χ0) is 34.3. The number of nitrogens with one attached hydrogen (secondary N) is 2. The number of fused-ring (bicyclic) bond motifs is 4. The SMILES string of the molecule is CO[C@H]1/C=C/C[C@H](C)CS(=O)(NC(=O)N[C@H]2C[C@@H]2OC)=NC(=O)c2ccc3c(n2)N(C[C@@H]2CC[C@H]21)C[C@@]1(CCCc2cc(Cl)ccc21)CO3. The van der Waals surface area contributed by atoms with Gasteiger partial charge in [0.1, 0.15) is 15.6 Å². The normalized spacial score (nSPS) is 34.6. The lowest BCUT2D eigenvalue weighted by Gasteiger charge is -2.45. The number of halogens is 1. The Kier molecular flexibility index (Phi) is 9.68. The average Bonchev–Trinajstić information content (AvgIpc) is 3.83. The number of allylic oxidation sites excluding steroid dienone is 1. The van der Waals surface area contributed by atoms with Gasteiger partial charge in [0.25, 0.3) is 0 Å². The number of benzene rings is 1. The minimum Gasteiger partial charge on any atom is -0.489 e. The number of anilines is 1. The van der Waals surface area contributed by atoms with Crippen molar-refractivity contribution in [3.63, 3.8) is 0 Å². The number of nitrogens with zero attached hydrogens (tertiary/aromatic N) is 3. The number of methoxy groups -OCH3 is 2. The highest BCUT2D eigenvalue weighted by atomic mass is 35.5. The number of amides is 3. The van der Waals surface area contributed by atoms with Crippen molar-refractivity contribution in [2.45, 2.75) is 75.5 Å². The smallest absolute Gasteiger partial charge is 0.327 e. The quantitative estimate of drug-likeness (QED) is 0.400. The van der Waals surface area contributed by atoms with Crippen LogP contribution in [0.1, 0.15) is 67.1 Å². The molecule has 13 heteroatoms. The summed E-state index contributed by atoms with van der Waals surface area (Å²) >= 11 is 6.44. The molecule has 1 unspecified atom stereocenters. The second-order valence-corrected chi connectivity index (χ2v) is 16.9. The first-order chi connectivity index (χ1) is 23.6. The molecule has 1 aromatic carbocycles. The van der Waals surface area contributed by atoms with E-state index in [2.05, 4.69) is 43.6 Å². The van der Waals surface area contributed by atoms with Crippen molar-refractivity contribution >= 4 is 39.3 Å². The first-order valence-electron chi connectivity index (χ1n) is 17.4. The fourth-order valence-corrected chi connectivity index (χ4v) is 10.2. The number of ether oxygens (including phenoxy) is 3. The van der Waals surface area contributed by atoms with Crippen LogP contribution in [0.2, 0.25) is 5.02 Å². The van der Waals surface area contributed by atoms with E-state index in [4.69, 9.17) is 30.8 Å². The number of rotatable bonds is 4. The summed E-state index contributed by atoms with van der Waals surface area (Å²) in [5.74, 6) is 0.937. The summed E-state index contributed by atoms with van der Waals surface area (Å²) in [5, 5.41) is 3.51. The zero-order valence-electron chi connectivity index (χ0n) is 28.4. The van der Waals surface area contributed by atoms with Crippen LogP contribution in [0.3, 0.4) is 0 Å². The standard InChI is InChI=1S/C36H46ClN5O6S/c1-22-6-4-8-30(46-2)26-11-9-24(26)18-42-20-36(15-5-7-23-16-25(37)10-12-27(23)36)21-48-31-14-13-28(38-33(31)42)34(43)40-49(45,19-22)41-35(44)39-29-17-32(29)47-3/h4,8,10,12-14,16,22,24,26,29-30,32H,5-7,9,11,15,17-21H2,1-3H3,(H2,39,40,41,43,44,45)/b8-4+/t22-,24-,26+,29-,30-,32-,36-,49?/m0/s1. The Labute approximate surface area is 293 Å². The van der Waals surface area contributed by atoms with Crippen molar-refractivity contribution in [2.24, 2.45) is 22.1 Å². The Morgan fingerprint density at radius 1 is 1.18 bits per heavy atom. The van der Waals surface area contributed by atoms with E-state index in [-0.39, 0.29) is 41.0 Å². The van der Waals surface area contributed by atoms with Crippen molar-refractivity contribution in [1.82, 2.24) is 15.0 Å². The maximum Gasteiger partial charge on any atom is 0.327 e. The third-order valence-corrected chi connectivity index (χ3v) is 13.2. The number of urea groups is 1. The van der Waals surface area contributed by atoms with Crippen LogP contribution in [0, 0.1) is 17.8 Å². The summed E-state index contributed by atoms with van der Waals surface area (Å²) in [6.07, 6.45) is 10.3. The molecule has 2 aliphatic heterocycles. The number of hydrogen-bond donors (Lipinski definition) is 2. The lowest BCUT2D eigenvalue weighted by Crippen LogP contribution is -2.49. The lowest BCUT2D eigenvalue weighted by molar-refractivity contribution is 0.0131. The van der Waals surface area contributed by atoms with E-state index < -0.39 is 21.9 Å². The molecule has 5 aliphatic rings. The van der Waals surface area contributed by atoms with E-state index in [9.17, 15) is 13.8 Å². The molecule has 0 radical (unpaired) electrons. The molecule has 3 amide bonds. The van der Waals surface area contributed by atoms with Gasteiger partial charge in [0, 0.05) is 37.7 Å². The summed E-state index contributed by atoms with van der Waals surface area (Å²) in [6.45, 7) is 3.79. The van der Waals surface area contributed by atoms with Crippen LogP contribution in [-0.4, -0.2) is 79.0 Å². The average molecular weight is 712 g/mol. The predicted molar refractivity (Wildman–Crippen MR) is 189 cm³/mol. The van der Waals surface area contributed by atoms with Crippen LogP contribution in [-0.2, 0) is 31.2 Å². The molecular weight excluding hydrogens is 666 g/mol. The Morgan fingerprint density at radius 3 is 2.80 bits per heavy atom. The third-order valence-electron chi connectivity index (χ3n) is 10.9. The van der Waals surface area contributed by atoms with Gasteiger partial charge in [-0.25, -0.2) is 14.0 Å². The van der Waals surface area contributed by atoms with Crippen LogP contribution in [0.4, 0.5) is 10.6 Å². The summed E-state index contributed by atoms with van der Waals surface area (Å²) < 4.78 is 38.9. The van der Waals surface area contributed by atoms with Crippen LogP contribution >= 0.6 is 11.6 Å². The highest BCUT2D eigenvalue weighted by molar-refractivity contribution is 7.92. The minimum atomic E-state index is -3.52. The summed E-state index contributed by atoms with van der Waals surface area (Å²) in [5.41, 5.74) is 2.25. The van der Waals surface area contributed by atoms with Crippen LogP contribution in [0.15, 0.2) is 46.8 Å². The molecule has 1 spiro atoms. The van der Waals surface area contributed by atoms with Gasteiger partial charge in [-0.1, -0.05) is 36.7 Å². The fraction of sp³-hybridized carbons (Fsp3) is 0.583. The van der Waals surface area contributed by atoms with E-state index in [0.29, 0.717) is 49.4 Å². The van der Waals surface area contributed by atoms with E-state index in [0.717, 1.165) is 43.7 Å². The highest BCUT2D eigenvalue weighted by Crippen LogP contribution is 2.46. The zero-order valence-corrected chi connectivity index (χ0v) is 29.9. The molecule has 2 N–H and O–H groups in total. The van der Waals surface area contributed by atoms with E-state index in [1.54, 1.807) is 26.4 Å². The molecule has 2 aromatic rings. The van der Waals surface area contributed by atoms with Crippen LogP contribution < -0.4 is 19.7 Å². The molecule has 3 heterocycles. The first kappa shape index (κ1) is 34.3. The number of pyridine rings is 1. The van der Waals surface area contributed by atoms with Gasteiger partial charge in [0.05, 0.1) is 30.6 Å². The Hall–Kier alpha value is -3.19. The Balaban J connectivity index is 1.27. The van der Waals surface area contributed by atoms with Crippen molar-refractivity contribution in [3.8, 4) is 5.75 Å². The lowest BCUT2D eigenvalue weighted by atomic mass is 9.68. The van der Waals surface area contributed by atoms with E-state index in [1.807, 2.05) is 13.0 Å². The Bertz CT molecular complexity index is 1760. The Morgan fingerprint density at radius 2 is 2.04 bits per heavy atom. The molecule has 7 rings (SSSR count). The van der Waals surface area contributed by atoms with Gasteiger partial charge in [-0.2, -0.15) is 0 Å². The molecule has 49 heavy (non-hydrogen) atoms. The molecule has 1 aromatic heterocycles. The maximum atomic E-state index is 14.3. The van der Waals surface area contributed by atoms with Gasteiger partial charge in [-0.15, -0.1) is 4.36 Å². The topological polar surface area (TPSA) is 131 Å². The second-order valence-electron chi connectivity index (χ2n) is 14.5. The molecule has 2 saturated carbocycles. The van der Waals surface area contributed by atoms with Crippen LogP contribution in [0.25, 0.3) is 0 Å². The highest BCUT2D eigenvalue weighted by Gasteiger charge is 2.45. The van der Waals surface area contributed by atoms with Crippen molar-refractivity contribution in [1.29, 1.82) is 0 Å². The molecular formula is C36H46ClN5O6S. The van der Waals surface area contributed by atoms with E-state index >= 15 is 0 Å². The van der Waals surface area contributed by atoms with Crippen LogP contribution in [0.5, 0.6) is 5.75 Å². The van der Waals surface area contributed by atoms with Gasteiger partial charge >= 0.3 is 11.9 Å². The largest absolute Gasteiger partial charge is 0.489 e. The molecule has 3 aliphatic carbocycles. The first-order valence-corrected chi connectivity index (χ1v) is 19.4. The third kappa shape index (κ3) is 7.20. The minimum absolute atomic E-state index is 0.00923. The molecule has 0 saturated heterocycles. The predicted octanol–water partition coefficient (Wildman–Crippen LogP) is 5.46. The molecule has 8 atom stereocenters. The molecule has 11 nitrogen and oxygen atoms in total. The number of carbonyl (C=O) groups is 2. The van der Waals surface area contributed by atoms with Gasteiger partial charge in [0.2, 0.25) is 0 Å². The van der Waals surface area contributed by atoms with Gasteiger partial charge < -0.3 is 24.4 Å². The van der Waals surface area contributed by atoms with E-state index in [1.165, 1.54) is 11.1 Å². The summed E-state index contributed by atoms with van der Waals surface area (Å²) in [7, 11) is -0.189. The summed E-state index contributed by atoms with van der Waals surface area (Å²) in [4.78, 5) is 33.9. The number of aromatic nitrogens is 1. The van der Waals surface area contributed by atoms with Crippen molar-refractivity contribution in [2.75, 3.05) is 44.6 Å². The number of hydrogen-bond acceptors (Lipinski definition) is 8. The molecule has 2 fully saturated rings. The van der Waals surface area contributed by atoms with Gasteiger partial charge in [-0.05, 0) is 98.1 Å². The second kappa shape index (κ2) is 13.8. The van der Waals surface area contributed by atoms with Gasteiger partial charge in [0.15, 0.2) is 11.6 Å². The number of carbonyl (C=O) groups excluding carboxylic acids is 2. The number of aryl methyl sites for hydroxylation is 1. The monoisotopic (exact) mass is 711 g/mol. The van der Waals surface area contributed by atoms with Crippen molar-refractivity contribution < 1.29 is 28.0 Å². The molecule has 264 valence electrons.